The molecule has 0 aliphatic heterocycles. The monoisotopic (exact) mass is 327 g/mol. The number of halogens is 2. The molecule has 8 heteroatoms. The number of anilines is 1. The van der Waals surface area contributed by atoms with Gasteiger partial charge in [-0.05, 0) is 36.1 Å². The van der Waals surface area contributed by atoms with Crippen LogP contribution >= 0.6 is 22.9 Å². The highest BCUT2D eigenvalue weighted by atomic mass is 35.5. The number of nitrogens with one attached hydrogen (secondary N) is 1. The number of aryl methyl sites for hydroxylation is 1. The second-order valence-electron chi connectivity index (χ2n) is 4.20. The van der Waals surface area contributed by atoms with E-state index in [2.05, 4.69) is 10.5 Å². The Bertz CT molecular complexity index is 730. The summed E-state index contributed by atoms with van der Waals surface area (Å²) >= 11 is 7.17. The molecule has 1 amide bonds. The predicted octanol–water partition coefficient (Wildman–Crippen LogP) is 3.20. The van der Waals surface area contributed by atoms with Crippen LogP contribution in [0.1, 0.15) is 20.8 Å². The minimum atomic E-state index is -0.697. The van der Waals surface area contributed by atoms with Gasteiger partial charge in [0.2, 0.25) is 0 Å². The van der Waals surface area contributed by atoms with E-state index in [1.807, 2.05) is 0 Å². The van der Waals surface area contributed by atoms with Crippen molar-refractivity contribution < 1.29 is 14.4 Å². The van der Waals surface area contributed by atoms with Crippen LogP contribution in [-0.2, 0) is 0 Å². The summed E-state index contributed by atoms with van der Waals surface area (Å²) in [5.41, 5.74) is 6.33. The van der Waals surface area contributed by atoms with Crippen molar-refractivity contribution in [3.63, 3.8) is 0 Å². The fourth-order valence-corrected chi connectivity index (χ4v) is 2.77. The number of thiophene rings is 1. The van der Waals surface area contributed by atoms with Crippen molar-refractivity contribution in [2.45, 2.75) is 6.92 Å². The Morgan fingerprint density at radius 2 is 2.24 bits per heavy atom. The molecular weight excluding hydrogens is 317 g/mol. The molecule has 1 aromatic carbocycles. The zero-order chi connectivity index (χ0) is 15.6. The lowest BCUT2D eigenvalue weighted by molar-refractivity contribution is 0.103. The van der Waals surface area contributed by atoms with E-state index in [4.69, 9.17) is 22.5 Å². The molecular formula is C13H11ClFN3O2S. The molecule has 0 bridgehead atoms. The highest BCUT2D eigenvalue weighted by molar-refractivity contribution is 7.13. The Balaban J connectivity index is 2.24. The SMILES string of the molecule is Cc1csc(C(=O)Nc2ccc(/C(N)=N/O)cc2F)c1Cl. The van der Waals surface area contributed by atoms with Crippen LogP contribution in [0.3, 0.4) is 0 Å². The van der Waals surface area contributed by atoms with Crippen LogP contribution in [-0.4, -0.2) is 17.0 Å². The Labute approximate surface area is 128 Å². The van der Waals surface area contributed by atoms with Gasteiger partial charge in [-0.3, -0.25) is 4.79 Å². The zero-order valence-electron chi connectivity index (χ0n) is 10.9. The van der Waals surface area contributed by atoms with E-state index in [-0.39, 0.29) is 17.1 Å². The molecule has 21 heavy (non-hydrogen) atoms. The van der Waals surface area contributed by atoms with Gasteiger partial charge in [0, 0.05) is 5.56 Å². The third kappa shape index (κ3) is 3.14. The summed E-state index contributed by atoms with van der Waals surface area (Å²) < 4.78 is 13.9. The summed E-state index contributed by atoms with van der Waals surface area (Å²) in [7, 11) is 0. The molecule has 1 aromatic heterocycles. The highest BCUT2D eigenvalue weighted by Crippen LogP contribution is 2.28. The summed E-state index contributed by atoms with van der Waals surface area (Å²) in [5.74, 6) is -1.41. The van der Waals surface area contributed by atoms with Crippen molar-refractivity contribution in [1.29, 1.82) is 0 Å². The molecule has 0 unspecified atom stereocenters. The van der Waals surface area contributed by atoms with Gasteiger partial charge in [-0.15, -0.1) is 11.3 Å². The summed E-state index contributed by atoms with van der Waals surface area (Å²) in [4.78, 5) is 12.3. The Hall–Kier alpha value is -2.12. The van der Waals surface area contributed by atoms with Crippen LogP contribution in [0.15, 0.2) is 28.7 Å². The van der Waals surface area contributed by atoms with E-state index < -0.39 is 11.7 Å². The number of oxime groups is 1. The lowest BCUT2D eigenvalue weighted by Crippen LogP contribution is -2.15. The third-order valence-corrected chi connectivity index (χ3v) is 4.42. The van der Waals surface area contributed by atoms with Gasteiger partial charge in [0.1, 0.15) is 10.7 Å². The second kappa shape index (κ2) is 6.11. The molecule has 0 saturated carbocycles. The average molecular weight is 328 g/mol. The van der Waals surface area contributed by atoms with E-state index in [1.54, 1.807) is 12.3 Å². The molecule has 5 nitrogen and oxygen atoms in total. The van der Waals surface area contributed by atoms with Gasteiger partial charge < -0.3 is 16.3 Å². The minimum Gasteiger partial charge on any atom is -0.409 e. The van der Waals surface area contributed by atoms with Gasteiger partial charge in [-0.2, -0.15) is 0 Å². The van der Waals surface area contributed by atoms with Crippen molar-refractivity contribution in [3.8, 4) is 0 Å². The minimum absolute atomic E-state index is 0.0170. The van der Waals surface area contributed by atoms with E-state index in [0.717, 1.165) is 11.6 Å². The first-order valence-corrected chi connectivity index (χ1v) is 7.02. The second-order valence-corrected chi connectivity index (χ2v) is 5.45. The molecule has 110 valence electrons. The Kier molecular flexibility index (Phi) is 4.44. The molecule has 0 radical (unpaired) electrons. The lowest BCUT2D eigenvalue weighted by Gasteiger charge is -2.07. The maximum atomic E-state index is 13.9. The van der Waals surface area contributed by atoms with Crippen molar-refractivity contribution >= 4 is 40.4 Å². The van der Waals surface area contributed by atoms with Crippen LogP contribution in [0.5, 0.6) is 0 Å². The van der Waals surface area contributed by atoms with Crippen LogP contribution in [0.2, 0.25) is 5.02 Å². The lowest BCUT2D eigenvalue weighted by atomic mass is 10.2. The van der Waals surface area contributed by atoms with Gasteiger partial charge in [0.05, 0.1) is 10.7 Å². The largest absolute Gasteiger partial charge is 0.409 e. The van der Waals surface area contributed by atoms with Gasteiger partial charge >= 0.3 is 0 Å². The van der Waals surface area contributed by atoms with Crippen LogP contribution in [0, 0.1) is 12.7 Å². The number of rotatable bonds is 3. The number of hydrogen-bond acceptors (Lipinski definition) is 4. The number of benzene rings is 1. The highest BCUT2D eigenvalue weighted by Gasteiger charge is 2.16. The Morgan fingerprint density at radius 3 is 2.76 bits per heavy atom. The van der Waals surface area contributed by atoms with E-state index in [1.165, 1.54) is 23.5 Å². The van der Waals surface area contributed by atoms with E-state index in [9.17, 15) is 9.18 Å². The van der Waals surface area contributed by atoms with Gasteiger partial charge in [-0.25, -0.2) is 4.39 Å². The molecule has 0 aliphatic carbocycles. The maximum Gasteiger partial charge on any atom is 0.267 e. The van der Waals surface area contributed by atoms with Crippen LogP contribution in [0.25, 0.3) is 0 Å². The number of nitrogens with two attached hydrogens (primary N) is 1. The normalized spacial score (nSPS) is 11.5. The summed E-state index contributed by atoms with van der Waals surface area (Å²) in [6, 6.07) is 3.82. The van der Waals surface area contributed by atoms with Gasteiger partial charge in [0.15, 0.2) is 5.84 Å². The van der Waals surface area contributed by atoms with Crippen molar-refractivity contribution in [2.75, 3.05) is 5.32 Å². The van der Waals surface area contributed by atoms with Crippen molar-refractivity contribution in [1.82, 2.24) is 0 Å². The summed E-state index contributed by atoms with van der Waals surface area (Å²) in [5, 5.41) is 15.8. The smallest absolute Gasteiger partial charge is 0.267 e. The van der Waals surface area contributed by atoms with E-state index in [0.29, 0.717) is 9.90 Å². The maximum absolute atomic E-state index is 13.9. The molecule has 0 atom stereocenters. The standard InChI is InChI=1S/C13H11ClFN3O2S/c1-6-5-21-11(10(6)14)13(19)17-9-3-2-7(4-8(9)15)12(16)18-20/h2-5,20H,1H3,(H2,16,18)(H,17,19). The molecule has 0 aliphatic rings. The van der Waals surface area contributed by atoms with Crippen LogP contribution < -0.4 is 11.1 Å². The average Bonchev–Trinajstić information content (AvgIpc) is 2.80. The number of amides is 1. The molecule has 0 saturated heterocycles. The molecule has 0 spiro atoms. The van der Waals surface area contributed by atoms with Crippen LogP contribution in [0.4, 0.5) is 10.1 Å². The first-order valence-electron chi connectivity index (χ1n) is 5.76. The number of amidine groups is 1. The Morgan fingerprint density at radius 1 is 1.52 bits per heavy atom. The predicted molar refractivity (Wildman–Crippen MR) is 80.9 cm³/mol. The number of carbonyl (C=O) groups excluding carboxylic acids is 1. The molecule has 2 aromatic rings. The molecule has 0 fully saturated rings. The van der Waals surface area contributed by atoms with E-state index >= 15 is 0 Å². The zero-order valence-corrected chi connectivity index (χ0v) is 12.4. The summed E-state index contributed by atoms with van der Waals surface area (Å²) in [6.07, 6.45) is 0. The third-order valence-electron chi connectivity index (χ3n) is 2.73. The number of hydrogen-bond donors (Lipinski definition) is 3. The first kappa shape index (κ1) is 15.3. The summed E-state index contributed by atoms with van der Waals surface area (Å²) in [6.45, 7) is 1.78. The first-order chi connectivity index (χ1) is 9.93. The molecule has 1 heterocycles. The molecule has 4 N–H and O–H groups in total. The fourth-order valence-electron chi connectivity index (χ4n) is 1.60. The van der Waals surface area contributed by atoms with Gasteiger partial charge in [-0.1, -0.05) is 16.8 Å². The number of carbonyl (C=O) groups is 1. The van der Waals surface area contributed by atoms with Crippen molar-refractivity contribution in [2.24, 2.45) is 10.9 Å². The quantitative estimate of drug-likeness (QED) is 0.350. The number of nitrogens with zero attached hydrogens (tertiary/aromatic N) is 1. The van der Waals surface area contributed by atoms with Crippen molar-refractivity contribution in [3.05, 3.63) is 50.4 Å². The topological polar surface area (TPSA) is 87.7 Å². The molecule has 2 rings (SSSR count). The van der Waals surface area contributed by atoms with Gasteiger partial charge in [0.25, 0.3) is 5.91 Å². The fraction of sp³-hybridized carbons (Fsp3) is 0.0769.